The van der Waals surface area contributed by atoms with Gasteiger partial charge in [-0.1, -0.05) is 6.07 Å². The van der Waals surface area contributed by atoms with E-state index >= 15 is 0 Å². The van der Waals surface area contributed by atoms with Crippen molar-refractivity contribution < 1.29 is 4.74 Å². The van der Waals surface area contributed by atoms with Crippen LogP contribution in [0.3, 0.4) is 0 Å². The van der Waals surface area contributed by atoms with Gasteiger partial charge in [0.25, 0.3) is 0 Å². The maximum absolute atomic E-state index is 5.35. The van der Waals surface area contributed by atoms with E-state index in [1.54, 1.807) is 0 Å². The van der Waals surface area contributed by atoms with E-state index in [1.807, 2.05) is 18.3 Å². The molecule has 0 aliphatic rings. The van der Waals surface area contributed by atoms with Crippen molar-refractivity contribution in [3.8, 4) is 0 Å². The summed E-state index contributed by atoms with van der Waals surface area (Å²) in [5.41, 5.74) is 0. The van der Waals surface area contributed by atoms with Crippen LogP contribution in [0, 0.1) is 0 Å². The Morgan fingerprint density at radius 1 is 1.44 bits per heavy atom. The number of rotatable bonds is 9. The second-order valence-corrected chi connectivity index (χ2v) is 4.98. The third-order valence-corrected chi connectivity index (χ3v) is 3.71. The summed E-state index contributed by atoms with van der Waals surface area (Å²) >= 11 is 1.85. The molecule has 0 aliphatic carbocycles. The molecular formula is C13H23NOS. The van der Waals surface area contributed by atoms with Gasteiger partial charge >= 0.3 is 0 Å². The minimum absolute atomic E-state index is 0.627. The Kier molecular flexibility index (Phi) is 7.47. The van der Waals surface area contributed by atoms with Gasteiger partial charge in [-0.3, -0.25) is 0 Å². The summed E-state index contributed by atoms with van der Waals surface area (Å²) in [6.07, 6.45) is 4.78. The molecule has 1 aromatic rings. The highest BCUT2D eigenvalue weighted by Crippen LogP contribution is 2.13. The largest absolute Gasteiger partial charge is 0.382 e. The molecule has 1 heterocycles. The van der Waals surface area contributed by atoms with Crippen LogP contribution in [-0.2, 0) is 11.2 Å². The molecule has 1 aromatic heterocycles. The molecule has 0 saturated carbocycles. The number of nitrogens with one attached hydrogen (secondary N) is 1. The zero-order valence-electron chi connectivity index (χ0n) is 10.4. The first-order valence-corrected chi connectivity index (χ1v) is 7.02. The van der Waals surface area contributed by atoms with Crippen LogP contribution in [0.5, 0.6) is 0 Å². The Bertz CT molecular complexity index is 248. The lowest BCUT2D eigenvalue weighted by Gasteiger charge is -2.15. The van der Waals surface area contributed by atoms with Gasteiger partial charge in [-0.05, 0) is 51.1 Å². The van der Waals surface area contributed by atoms with Gasteiger partial charge in [0, 0.05) is 24.1 Å². The van der Waals surface area contributed by atoms with E-state index in [0.29, 0.717) is 6.04 Å². The highest BCUT2D eigenvalue weighted by Gasteiger charge is 2.06. The molecule has 0 amide bonds. The van der Waals surface area contributed by atoms with Crippen LogP contribution in [0.2, 0.25) is 0 Å². The van der Waals surface area contributed by atoms with Crippen molar-refractivity contribution >= 4 is 11.3 Å². The molecule has 92 valence electrons. The fourth-order valence-electron chi connectivity index (χ4n) is 1.78. The number of aryl methyl sites for hydroxylation is 1. The predicted octanol–water partition coefficient (Wildman–Crippen LogP) is 3.09. The molecule has 1 N–H and O–H groups in total. The monoisotopic (exact) mass is 241 g/mol. The van der Waals surface area contributed by atoms with Crippen LogP contribution in [0.1, 0.15) is 31.1 Å². The fraction of sp³-hybridized carbons (Fsp3) is 0.692. The van der Waals surface area contributed by atoms with E-state index in [-0.39, 0.29) is 0 Å². The van der Waals surface area contributed by atoms with E-state index in [4.69, 9.17) is 4.74 Å². The smallest absolute Gasteiger partial charge is 0.0466 e. The molecule has 1 atom stereocenters. The number of hydrogen-bond acceptors (Lipinski definition) is 3. The normalized spacial score (nSPS) is 12.9. The van der Waals surface area contributed by atoms with E-state index < -0.39 is 0 Å². The maximum Gasteiger partial charge on any atom is 0.0466 e. The van der Waals surface area contributed by atoms with Gasteiger partial charge in [-0.25, -0.2) is 0 Å². The van der Waals surface area contributed by atoms with Crippen LogP contribution in [0.25, 0.3) is 0 Å². The summed E-state index contributed by atoms with van der Waals surface area (Å²) < 4.78 is 5.35. The van der Waals surface area contributed by atoms with Crippen LogP contribution < -0.4 is 5.32 Å². The standard InChI is InChI=1S/C13H23NOS/c1-3-15-10-4-6-12(14-2)8-9-13-7-5-11-16-13/h5,7,11-12,14H,3-4,6,8-10H2,1-2H3. The molecule has 16 heavy (non-hydrogen) atoms. The third kappa shape index (κ3) is 5.64. The minimum atomic E-state index is 0.627. The average molecular weight is 241 g/mol. The molecule has 3 heteroatoms. The van der Waals surface area contributed by atoms with Crippen molar-refractivity contribution in [3.63, 3.8) is 0 Å². The van der Waals surface area contributed by atoms with E-state index in [1.165, 1.54) is 24.1 Å². The molecule has 0 aliphatic heterocycles. The lowest BCUT2D eigenvalue weighted by atomic mass is 10.1. The van der Waals surface area contributed by atoms with Crippen LogP contribution in [-0.4, -0.2) is 26.3 Å². The van der Waals surface area contributed by atoms with Crippen LogP contribution in [0.4, 0.5) is 0 Å². The van der Waals surface area contributed by atoms with E-state index in [9.17, 15) is 0 Å². The summed E-state index contributed by atoms with van der Waals surface area (Å²) in [4.78, 5) is 1.49. The van der Waals surface area contributed by atoms with Gasteiger partial charge in [0.15, 0.2) is 0 Å². The Hall–Kier alpha value is -0.380. The fourth-order valence-corrected chi connectivity index (χ4v) is 2.51. The molecule has 0 spiro atoms. The quantitative estimate of drug-likeness (QED) is 0.671. The van der Waals surface area contributed by atoms with Gasteiger partial charge in [0.1, 0.15) is 0 Å². The molecule has 1 rings (SSSR count). The Balaban J connectivity index is 2.11. The van der Waals surface area contributed by atoms with Gasteiger partial charge in [0.05, 0.1) is 0 Å². The van der Waals surface area contributed by atoms with E-state index in [0.717, 1.165) is 19.6 Å². The Morgan fingerprint density at radius 3 is 2.94 bits per heavy atom. The first-order valence-electron chi connectivity index (χ1n) is 6.14. The lowest BCUT2D eigenvalue weighted by Crippen LogP contribution is -2.26. The van der Waals surface area contributed by atoms with Gasteiger partial charge in [-0.2, -0.15) is 0 Å². The molecule has 0 fully saturated rings. The van der Waals surface area contributed by atoms with Crippen LogP contribution >= 0.6 is 11.3 Å². The molecule has 0 radical (unpaired) electrons. The topological polar surface area (TPSA) is 21.3 Å². The summed E-state index contributed by atoms with van der Waals surface area (Å²) in [6, 6.07) is 4.98. The third-order valence-electron chi connectivity index (χ3n) is 2.77. The second-order valence-electron chi connectivity index (χ2n) is 3.94. The highest BCUT2D eigenvalue weighted by molar-refractivity contribution is 7.09. The zero-order chi connectivity index (χ0) is 11.6. The summed E-state index contributed by atoms with van der Waals surface area (Å²) in [5, 5.41) is 5.54. The number of thiophene rings is 1. The Morgan fingerprint density at radius 2 is 2.31 bits per heavy atom. The second kappa shape index (κ2) is 8.74. The van der Waals surface area contributed by atoms with Gasteiger partial charge < -0.3 is 10.1 Å². The predicted molar refractivity (Wildman–Crippen MR) is 71.2 cm³/mol. The Labute approximate surface area is 103 Å². The number of hydrogen-bond donors (Lipinski definition) is 1. The van der Waals surface area contributed by atoms with Gasteiger partial charge in [0.2, 0.25) is 0 Å². The molecular weight excluding hydrogens is 218 g/mol. The van der Waals surface area contributed by atoms with Crippen molar-refractivity contribution in [3.05, 3.63) is 22.4 Å². The van der Waals surface area contributed by atoms with Gasteiger partial charge in [-0.15, -0.1) is 11.3 Å². The summed E-state index contributed by atoms with van der Waals surface area (Å²) in [7, 11) is 2.06. The summed E-state index contributed by atoms with van der Waals surface area (Å²) in [6.45, 7) is 3.78. The molecule has 0 aromatic carbocycles. The SMILES string of the molecule is CCOCCCC(CCc1cccs1)NC. The number of ether oxygens (including phenoxy) is 1. The zero-order valence-corrected chi connectivity index (χ0v) is 11.2. The maximum atomic E-state index is 5.35. The first kappa shape index (κ1) is 13.7. The van der Waals surface area contributed by atoms with Crippen molar-refractivity contribution in [2.75, 3.05) is 20.3 Å². The van der Waals surface area contributed by atoms with Crippen molar-refractivity contribution in [1.82, 2.24) is 5.32 Å². The van der Waals surface area contributed by atoms with Crippen molar-refractivity contribution in [1.29, 1.82) is 0 Å². The summed E-state index contributed by atoms with van der Waals surface area (Å²) in [5.74, 6) is 0. The minimum Gasteiger partial charge on any atom is -0.382 e. The molecule has 0 bridgehead atoms. The lowest BCUT2D eigenvalue weighted by molar-refractivity contribution is 0.140. The highest BCUT2D eigenvalue weighted by atomic mass is 32.1. The van der Waals surface area contributed by atoms with E-state index in [2.05, 4.69) is 29.9 Å². The molecule has 1 unspecified atom stereocenters. The van der Waals surface area contributed by atoms with Crippen molar-refractivity contribution in [2.24, 2.45) is 0 Å². The first-order chi connectivity index (χ1) is 7.86. The molecule has 0 saturated heterocycles. The van der Waals surface area contributed by atoms with Crippen molar-refractivity contribution in [2.45, 2.75) is 38.6 Å². The average Bonchev–Trinajstić information content (AvgIpc) is 2.81. The molecule has 2 nitrogen and oxygen atoms in total. The van der Waals surface area contributed by atoms with Crippen LogP contribution in [0.15, 0.2) is 17.5 Å².